The van der Waals surface area contributed by atoms with Gasteiger partial charge < -0.3 is 4.57 Å². The summed E-state index contributed by atoms with van der Waals surface area (Å²) in [5.41, 5.74) is 3.53. The summed E-state index contributed by atoms with van der Waals surface area (Å²) in [4.78, 5) is 15.8. The third-order valence-electron chi connectivity index (χ3n) is 2.03. The standard InChI is InChI=1S/C10H10N2OS/c1-8-3-2-4-12(10(8)13)5-9-6-14-7-11-9/h2-4,6-7H,5H2,1H3. The van der Waals surface area contributed by atoms with Gasteiger partial charge in [0.1, 0.15) is 0 Å². The summed E-state index contributed by atoms with van der Waals surface area (Å²) in [6, 6.07) is 3.70. The molecule has 14 heavy (non-hydrogen) atoms. The van der Waals surface area contributed by atoms with E-state index in [0.29, 0.717) is 6.54 Å². The van der Waals surface area contributed by atoms with Gasteiger partial charge in [0.15, 0.2) is 0 Å². The van der Waals surface area contributed by atoms with E-state index in [1.165, 1.54) is 0 Å². The molecular formula is C10H10N2OS. The van der Waals surface area contributed by atoms with Crippen LogP contribution in [-0.2, 0) is 6.54 Å². The zero-order chi connectivity index (χ0) is 9.97. The first-order valence-electron chi connectivity index (χ1n) is 4.30. The molecule has 0 saturated carbocycles. The molecule has 0 atom stereocenters. The summed E-state index contributed by atoms with van der Waals surface area (Å²) in [7, 11) is 0. The van der Waals surface area contributed by atoms with E-state index in [2.05, 4.69) is 4.98 Å². The highest BCUT2D eigenvalue weighted by atomic mass is 32.1. The van der Waals surface area contributed by atoms with Crippen molar-refractivity contribution in [1.29, 1.82) is 0 Å². The predicted octanol–water partition coefficient (Wildman–Crippen LogP) is 1.66. The van der Waals surface area contributed by atoms with E-state index >= 15 is 0 Å². The zero-order valence-corrected chi connectivity index (χ0v) is 8.62. The number of hydrogen-bond donors (Lipinski definition) is 0. The average Bonchev–Trinajstić information content (AvgIpc) is 2.66. The molecule has 0 radical (unpaired) electrons. The summed E-state index contributed by atoms with van der Waals surface area (Å²) in [6.45, 7) is 2.38. The van der Waals surface area contributed by atoms with E-state index in [4.69, 9.17) is 0 Å². The van der Waals surface area contributed by atoms with Crippen molar-refractivity contribution in [2.24, 2.45) is 0 Å². The van der Waals surface area contributed by atoms with Gasteiger partial charge in [0.25, 0.3) is 5.56 Å². The van der Waals surface area contributed by atoms with E-state index in [1.807, 2.05) is 24.4 Å². The molecule has 0 fully saturated rings. The lowest BCUT2D eigenvalue weighted by Gasteiger charge is -2.03. The molecule has 2 heterocycles. The Balaban J connectivity index is 2.34. The lowest BCUT2D eigenvalue weighted by atomic mass is 10.3. The maximum absolute atomic E-state index is 11.6. The van der Waals surface area contributed by atoms with Crippen molar-refractivity contribution in [3.8, 4) is 0 Å². The predicted molar refractivity (Wildman–Crippen MR) is 56.7 cm³/mol. The smallest absolute Gasteiger partial charge is 0.253 e. The van der Waals surface area contributed by atoms with Crippen LogP contribution in [0, 0.1) is 6.92 Å². The van der Waals surface area contributed by atoms with E-state index in [0.717, 1.165) is 11.3 Å². The molecule has 0 aromatic carbocycles. The van der Waals surface area contributed by atoms with Crippen LogP contribution in [0.25, 0.3) is 0 Å². The van der Waals surface area contributed by atoms with E-state index < -0.39 is 0 Å². The van der Waals surface area contributed by atoms with Crippen LogP contribution in [0.1, 0.15) is 11.3 Å². The van der Waals surface area contributed by atoms with Crippen molar-refractivity contribution in [2.45, 2.75) is 13.5 Å². The Labute approximate surface area is 85.7 Å². The SMILES string of the molecule is Cc1cccn(Cc2cscn2)c1=O. The molecule has 3 nitrogen and oxygen atoms in total. The zero-order valence-electron chi connectivity index (χ0n) is 7.80. The first-order chi connectivity index (χ1) is 6.77. The van der Waals surface area contributed by atoms with Gasteiger partial charge in [-0.15, -0.1) is 11.3 Å². The second-order valence-corrected chi connectivity index (χ2v) is 3.82. The molecule has 2 aromatic rings. The van der Waals surface area contributed by atoms with Crippen LogP contribution in [0.2, 0.25) is 0 Å². The minimum Gasteiger partial charge on any atom is -0.309 e. The molecule has 2 rings (SSSR count). The molecule has 0 saturated heterocycles. The minimum absolute atomic E-state index is 0.0560. The third kappa shape index (κ3) is 1.75. The van der Waals surface area contributed by atoms with Crippen LogP contribution >= 0.6 is 11.3 Å². The van der Waals surface area contributed by atoms with Gasteiger partial charge in [-0.05, 0) is 13.0 Å². The number of aryl methyl sites for hydroxylation is 1. The molecule has 0 bridgehead atoms. The van der Waals surface area contributed by atoms with E-state index in [-0.39, 0.29) is 5.56 Å². The summed E-state index contributed by atoms with van der Waals surface area (Å²) in [6.07, 6.45) is 1.79. The fourth-order valence-corrected chi connectivity index (χ4v) is 1.82. The fraction of sp³-hybridized carbons (Fsp3) is 0.200. The van der Waals surface area contributed by atoms with Gasteiger partial charge in [-0.3, -0.25) is 4.79 Å². The van der Waals surface area contributed by atoms with Crippen LogP contribution in [0.5, 0.6) is 0 Å². The lowest BCUT2D eigenvalue weighted by molar-refractivity contribution is 0.738. The first-order valence-corrected chi connectivity index (χ1v) is 5.25. The summed E-state index contributed by atoms with van der Waals surface area (Å²) in [5, 5.41) is 1.95. The maximum atomic E-state index is 11.6. The first kappa shape index (κ1) is 9.15. The second-order valence-electron chi connectivity index (χ2n) is 3.10. The molecule has 0 N–H and O–H groups in total. The Morgan fingerprint density at radius 2 is 2.43 bits per heavy atom. The maximum Gasteiger partial charge on any atom is 0.253 e. The third-order valence-corrected chi connectivity index (χ3v) is 2.66. The number of pyridine rings is 1. The van der Waals surface area contributed by atoms with Crippen LogP contribution < -0.4 is 5.56 Å². The number of rotatable bonds is 2. The van der Waals surface area contributed by atoms with Gasteiger partial charge >= 0.3 is 0 Å². The van der Waals surface area contributed by atoms with Crippen molar-refractivity contribution in [3.63, 3.8) is 0 Å². The van der Waals surface area contributed by atoms with Crippen molar-refractivity contribution in [3.05, 3.63) is 50.8 Å². The highest BCUT2D eigenvalue weighted by Crippen LogP contribution is 2.02. The summed E-state index contributed by atoms with van der Waals surface area (Å²) >= 11 is 1.54. The number of thiazole rings is 1. The molecule has 0 spiro atoms. The Morgan fingerprint density at radius 1 is 1.57 bits per heavy atom. The second kappa shape index (κ2) is 3.75. The van der Waals surface area contributed by atoms with Crippen LogP contribution in [0.3, 0.4) is 0 Å². The molecule has 0 unspecified atom stereocenters. The Kier molecular flexibility index (Phi) is 2.45. The Morgan fingerprint density at radius 3 is 3.14 bits per heavy atom. The molecule has 4 heteroatoms. The lowest BCUT2D eigenvalue weighted by Crippen LogP contribution is -2.21. The molecule has 72 valence electrons. The van der Waals surface area contributed by atoms with E-state index in [1.54, 1.807) is 27.6 Å². The highest BCUT2D eigenvalue weighted by Gasteiger charge is 2.00. The van der Waals surface area contributed by atoms with Gasteiger partial charge in [-0.2, -0.15) is 0 Å². The van der Waals surface area contributed by atoms with Crippen molar-refractivity contribution in [1.82, 2.24) is 9.55 Å². The van der Waals surface area contributed by atoms with Crippen LogP contribution in [0.15, 0.2) is 34.0 Å². The normalized spacial score (nSPS) is 10.4. The van der Waals surface area contributed by atoms with Crippen molar-refractivity contribution < 1.29 is 0 Å². The van der Waals surface area contributed by atoms with Crippen LogP contribution in [0.4, 0.5) is 0 Å². The molecule has 0 aliphatic rings. The van der Waals surface area contributed by atoms with Crippen LogP contribution in [-0.4, -0.2) is 9.55 Å². The van der Waals surface area contributed by atoms with E-state index in [9.17, 15) is 4.79 Å². The van der Waals surface area contributed by atoms with Crippen molar-refractivity contribution in [2.75, 3.05) is 0 Å². The highest BCUT2D eigenvalue weighted by molar-refractivity contribution is 7.07. The van der Waals surface area contributed by atoms with Crippen molar-refractivity contribution >= 4 is 11.3 Å². The number of hydrogen-bond acceptors (Lipinski definition) is 3. The quantitative estimate of drug-likeness (QED) is 0.749. The van der Waals surface area contributed by atoms with Gasteiger partial charge in [-0.25, -0.2) is 4.98 Å². The van der Waals surface area contributed by atoms with Gasteiger partial charge in [0.2, 0.25) is 0 Å². The van der Waals surface area contributed by atoms with Gasteiger partial charge in [0, 0.05) is 17.1 Å². The minimum atomic E-state index is 0.0560. The topological polar surface area (TPSA) is 34.9 Å². The Hall–Kier alpha value is -1.42. The Bertz CT molecular complexity index is 473. The molecule has 0 aliphatic carbocycles. The number of aromatic nitrogens is 2. The monoisotopic (exact) mass is 206 g/mol. The fourth-order valence-electron chi connectivity index (χ4n) is 1.27. The summed E-state index contributed by atoms with van der Waals surface area (Å²) < 4.78 is 1.67. The van der Waals surface area contributed by atoms with Gasteiger partial charge in [-0.1, -0.05) is 6.07 Å². The molecule has 0 amide bonds. The average molecular weight is 206 g/mol. The largest absolute Gasteiger partial charge is 0.309 e. The van der Waals surface area contributed by atoms with Gasteiger partial charge in [0.05, 0.1) is 17.7 Å². The molecule has 2 aromatic heterocycles. The molecule has 0 aliphatic heterocycles. The number of nitrogens with zero attached hydrogens (tertiary/aromatic N) is 2. The summed E-state index contributed by atoms with van der Waals surface area (Å²) in [5.74, 6) is 0. The molecular weight excluding hydrogens is 196 g/mol.